The molecule has 2 aromatic heterocycles. The first-order chi connectivity index (χ1) is 27.0. The molecule has 2 aromatic rings. The van der Waals surface area contributed by atoms with Gasteiger partial charge in [0, 0.05) is 44.9 Å². The summed E-state index contributed by atoms with van der Waals surface area (Å²) in [5, 5.41) is 31.5. The number of nitrogens with zero attached hydrogens (tertiary/aromatic N) is 7. The summed E-state index contributed by atoms with van der Waals surface area (Å²) < 4.78 is 32.9. The Morgan fingerprint density at radius 2 is 1.79 bits per heavy atom. The number of unbranched alkanes of at least 4 members (excludes halogenated alkanes) is 1. The minimum Gasteiger partial charge on any atom is -0.458 e. The molecule has 17 heteroatoms. The molecule has 12 atom stereocenters. The number of ketones is 1. The molecular weight excluding hydrogens is 748 g/mol. The number of aromatic nitrogens is 5. The van der Waals surface area contributed by atoms with E-state index in [-0.39, 0.29) is 38.0 Å². The second-order valence-corrected chi connectivity index (χ2v) is 16.8. The van der Waals surface area contributed by atoms with E-state index in [9.17, 15) is 19.5 Å². The summed E-state index contributed by atoms with van der Waals surface area (Å²) in [6, 6.07) is 2.59. The lowest BCUT2D eigenvalue weighted by Crippen LogP contribution is -2.61. The van der Waals surface area contributed by atoms with Gasteiger partial charge in [0.15, 0.2) is 11.9 Å². The van der Waals surface area contributed by atoms with Gasteiger partial charge in [0.25, 0.3) is 0 Å². The normalized spacial score (nSPS) is 35.4. The third kappa shape index (κ3) is 10.6. The lowest BCUT2D eigenvalue weighted by molar-refractivity contribution is -0.289. The molecule has 2 unspecified atom stereocenters. The molecule has 0 bridgehead atoms. The number of amides is 1. The number of esters is 1. The van der Waals surface area contributed by atoms with E-state index >= 15 is 0 Å². The highest BCUT2D eigenvalue weighted by molar-refractivity contribution is 5.99. The van der Waals surface area contributed by atoms with E-state index in [1.807, 2.05) is 65.9 Å². The molecule has 3 aliphatic rings. The number of aliphatic hydroxyl groups excluding tert-OH is 1. The molecule has 326 valence electrons. The van der Waals surface area contributed by atoms with Gasteiger partial charge in [-0.25, -0.2) is 4.79 Å². The van der Waals surface area contributed by atoms with Gasteiger partial charge in [0.1, 0.15) is 35.3 Å². The van der Waals surface area contributed by atoms with Gasteiger partial charge < -0.3 is 39.0 Å². The minimum atomic E-state index is -1.22. The maximum Gasteiger partial charge on any atom is 0.410 e. The quantitative estimate of drug-likeness (QED) is 0.189. The molecule has 0 spiro atoms. The van der Waals surface area contributed by atoms with Gasteiger partial charge in [-0.2, -0.15) is 5.10 Å². The van der Waals surface area contributed by atoms with Crippen molar-refractivity contribution >= 4 is 17.8 Å². The number of hydrogen-bond donors (Lipinski definition) is 2. The summed E-state index contributed by atoms with van der Waals surface area (Å²) in [6.07, 6.45) is 1.63. The van der Waals surface area contributed by atoms with Crippen LogP contribution in [-0.4, -0.2) is 152 Å². The van der Waals surface area contributed by atoms with Crippen LogP contribution in [0.5, 0.6) is 0 Å². The molecule has 0 saturated carbocycles. The molecule has 1 amide bonds. The number of methoxy groups -OCH3 is 1. The molecule has 5 rings (SSSR count). The van der Waals surface area contributed by atoms with Crippen LogP contribution in [0.3, 0.4) is 0 Å². The van der Waals surface area contributed by atoms with Crippen LogP contribution in [0.25, 0.3) is 11.4 Å². The van der Waals surface area contributed by atoms with Crippen LogP contribution in [0.4, 0.5) is 4.79 Å². The third-order valence-electron chi connectivity index (χ3n) is 12.1. The first-order valence-corrected chi connectivity index (χ1v) is 20.4. The summed E-state index contributed by atoms with van der Waals surface area (Å²) in [5.41, 5.74) is -0.978. The second-order valence-electron chi connectivity index (χ2n) is 16.8. The fourth-order valence-corrected chi connectivity index (χ4v) is 8.67. The summed E-state index contributed by atoms with van der Waals surface area (Å²) in [4.78, 5) is 45.3. The van der Waals surface area contributed by atoms with Crippen molar-refractivity contribution in [2.45, 2.75) is 161 Å². The molecule has 2 N–H and O–H groups in total. The van der Waals surface area contributed by atoms with Crippen LogP contribution >= 0.6 is 0 Å². The fraction of sp³-hybridized carbons (Fsp3) is 0.780. The van der Waals surface area contributed by atoms with Crippen molar-refractivity contribution in [3.8, 4) is 11.4 Å². The summed E-state index contributed by atoms with van der Waals surface area (Å²) in [7, 11) is 5.38. The predicted molar refractivity (Wildman–Crippen MR) is 215 cm³/mol. The molecule has 0 aromatic carbocycles. The van der Waals surface area contributed by atoms with E-state index < -0.39 is 65.6 Å². The molecule has 3 aliphatic heterocycles. The summed E-state index contributed by atoms with van der Waals surface area (Å²) >= 11 is 0. The summed E-state index contributed by atoms with van der Waals surface area (Å²) in [5.74, 6) is -2.27. The Morgan fingerprint density at radius 3 is 2.45 bits per heavy atom. The monoisotopic (exact) mass is 817 g/mol. The number of carbonyl (C=O) groups excluding carboxylic acids is 3. The Balaban J connectivity index is 0.00000744. The maximum absolute atomic E-state index is 14.0. The predicted octanol–water partition coefficient (Wildman–Crippen LogP) is 3.88. The highest BCUT2D eigenvalue weighted by Crippen LogP contribution is 2.39. The SMILES string of the molecule is C.CC[C@H]1OC(=O)[C@H](C)C(=O)C[C@@H](O[C@@H]2O[C@H](C)CC(N(C)C)C2O)[C@](C)(OC)C[C@@H](C)CN[C@H](C)[C@H]2N(CCCCn3cc(-c4cccnn4)nn3)C(=O)O[C@]12C. The lowest BCUT2D eigenvalue weighted by atomic mass is 9.83. The smallest absolute Gasteiger partial charge is 0.410 e. The average Bonchev–Trinajstić information content (AvgIpc) is 3.76. The van der Waals surface area contributed by atoms with Gasteiger partial charge in [0.05, 0.1) is 30.0 Å². The number of likely N-dealkylation sites (N-methyl/N-ethyl adjacent to an activating group) is 1. The van der Waals surface area contributed by atoms with Gasteiger partial charge >= 0.3 is 12.1 Å². The third-order valence-corrected chi connectivity index (χ3v) is 12.1. The highest BCUT2D eigenvalue weighted by atomic mass is 16.7. The van der Waals surface area contributed by atoms with Gasteiger partial charge in [-0.3, -0.25) is 19.2 Å². The topological polar surface area (TPSA) is 193 Å². The van der Waals surface area contributed by atoms with E-state index in [0.717, 1.165) is 0 Å². The Kier molecular flexibility index (Phi) is 16.3. The number of rotatable bonds is 11. The summed E-state index contributed by atoms with van der Waals surface area (Å²) in [6.45, 7) is 14.6. The van der Waals surface area contributed by atoms with Crippen molar-refractivity contribution in [3.63, 3.8) is 0 Å². The van der Waals surface area contributed by atoms with Crippen molar-refractivity contribution < 1.29 is 43.2 Å². The van der Waals surface area contributed by atoms with E-state index in [4.69, 9.17) is 23.7 Å². The number of cyclic esters (lactones) is 1. The minimum absolute atomic E-state index is 0. The standard InChI is InChI=1S/C40H64N8O9.CH4/c1-11-32-40(7)35(48(38(52)57-40)18-13-12-17-47-23-29(44-45-47)28-15-14-16-42-43-28)27(5)41-22-24(2)21-39(6,53-10)33(20-31(49)26(4)36(51)55-32)56-37-34(50)30(46(8)9)19-25(3)54-37;/h14-16,23-27,30,32-35,37,41,50H,11-13,17-22H2,1-10H3;1H4/t24-,25-,26-,27-,30?,32-,33-,34?,35-,37+,39-,40-;/m1./s1. The van der Waals surface area contributed by atoms with Gasteiger partial charge in [-0.05, 0) is 105 Å². The van der Waals surface area contributed by atoms with Crippen LogP contribution < -0.4 is 5.32 Å². The Morgan fingerprint density at radius 1 is 1.07 bits per heavy atom. The van der Waals surface area contributed by atoms with Gasteiger partial charge in [-0.15, -0.1) is 10.2 Å². The van der Waals surface area contributed by atoms with Crippen molar-refractivity contribution in [1.82, 2.24) is 40.3 Å². The largest absolute Gasteiger partial charge is 0.458 e. The maximum atomic E-state index is 14.0. The van der Waals surface area contributed by atoms with E-state index in [2.05, 4.69) is 32.7 Å². The molecule has 17 nitrogen and oxygen atoms in total. The molecule has 0 radical (unpaired) electrons. The fourth-order valence-electron chi connectivity index (χ4n) is 8.67. The van der Waals surface area contributed by atoms with Gasteiger partial charge in [-0.1, -0.05) is 26.5 Å². The Labute approximate surface area is 343 Å². The number of aliphatic hydroxyl groups is 1. The molecular formula is C41H68N8O9. The van der Waals surface area contributed by atoms with Crippen molar-refractivity contribution in [1.29, 1.82) is 0 Å². The number of fused-ring (bicyclic) bond motifs is 1. The average molecular weight is 817 g/mol. The molecule has 58 heavy (non-hydrogen) atoms. The lowest BCUT2D eigenvalue weighted by Gasteiger charge is -2.45. The van der Waals surface area contributed by atoms with Crippen LogP contribution in [0, 0.1) is 11.8 Å². The number of ether oxygens (including phenoxy) is 5. The molecule has 3 fully saturated rings. The zero-order valence-corrected chi connectivity index (χ0v) is 35.3. The zero-order valence-electron chi connectivity index (χ0n) is 35.3. The number of aryl methyl sites for hydroxylation is 1. The van der Waals surface area contributed by atoms with Gasteiger partial charge in [0.2, 0.25) is 0 Å². The molecule has 3 saturated heterocycles. The van der Waals surface area contributed by atoms with E-state index in [0.29, 0.717) is 63.1 Å². The van der Waals surface area contributed by atoms with E-state index in [1.165, 1.54) is 6.92 Å². The van der Waals surface area contributed by atoms with Crippen molar-refractivity contribution in [2.75, 3.05) is 34.3 Å². The number of hydrogen-bond acceptors (Lipinski definition) is 15. The van der Waals surface area contributed by atoms with Crippen LogP contribution in [-0.2, 0) is 39.8 Å². The number of nitrogens with one attached hydrogen (secondary N) is 1. The van der Waals surface area contributed by atoms with Crippen LogP contribution in [0.15, 0.2) is 24.5 Å². The first-order valence-electron chi connectivity index (χ1n) is 20.4. The first kappa shape index (κ1) is 47.1. The Bertz CT molecular complexity index is 1650. The Hall–Kier alpha value is -3.61. The zero-order chi connectivity index (χ0) is 41.7. The van der Waals surface area contributed by atoms with Crippen molar-refractivity contribution in [3.05, 3.63) is 24.5 Å². The number of carbonyl (C=O) groups is 3. The van der Waals surface area contributed by atoms with Crippen LogP contribution in [0.2, 0.25) is 0 Å². The van der Waals surface area contributed by atoms with Crippen LogP contribution in [0.1, 0.15) is 94.4 Å². The van der Waals surface area contributed by atoms with Crippen molar-refractivity contribution in [2.24, 2.45) is 11.8 Å². The number of Topliss-reactive ketones (excluding diaryl/α,β-unsaturated/α-hetero) is 1. The molecule has 5 heterocycles. The molecule has 0 aliphatic carbocycles. The highest BCUT2D eigenvalue weighted by Gasteiger charge is 2.58. The second kappa shape index (κ2) is 20.1. The van der Waals surface area contributed by atoms with E-state index in [1.54, 1.807) is 29.0 Å².